The summed E-state index contributed by atoms with van der Waals surface area (Å²) >= 11 is 7.59. The highest BCUT2D eigenvalue weighted by Gasteiger charge is 2.65. The Labute approximate surface area is 149 Å². The average molecular weight is 421 g/mol. The highest BCUT2D eigenvalue weighted by atomic mass is 79.9. The standard InChI is InChI=1S/C19H19Br2N/c1-17(2,15-9-5-3-6-10-15)22-14-18(13-19(18,20)21)16-11-7-4-8-12-16/h3-12,14H,13H2,1-2H3. The Morgan fingerprint density at radius 2 is 1.45 bits per heavy atom. The van der Waals surface area contributed by atoms with Gasteiger partial charge >= 0.3 is 0 Å². The summed E-state index contributed by atoms with van der Waals surface area (Å²) in [5.41, 5.74) is 2.20. The van der Waals surface area contributed by atoms with Crippen LogP contribution in [0.5, 0.6) is 0 Å². The minimum Gasteiger partial charge on any atom is -0.286 e. The van der Waals surface area contributed by atoms with Crippen molar-refractivity contribution in [1.29, 1.82) is 0 Å². The van der Waals surface area contributed by atoms with Gasteiger partial charge in [0.25, 0.3) is 0 Å². The number of alkyl halides is 2. The average Bonchev–Trinajstić information content (AvgIpc) is 3.10. The minimum absolute atomic E-state index is 0.0830. The van der Waals surface area contributed by atoms with Gasteiger partial charge in [-0.25, -0.2) is 0 Å². The van der Waals surface area contributed by atoms with Gasteiger partial charge in [-0.2, -0.15) is 0 Å². The van der Waals surface area contributed by atoms with Gasteiger partial charge in [-0.05, 0) is 31.4 Å². The van der Waals surface area contributed by atoms with Crippen LogP contribution in [0.4, 0.5) is 0 Å². The van der Waals surface area contributed by atoms with Gasteiger partial charge in [0.15, 0.2) is 0 Å². The summed E-state index contributed by atoms with van der Waals surface area (Å²) in [4.78, 5) is 4.95. The van der Waals surface area contributed by atoms with E-state index in [-0.39, 0.29) is 14.2 Å². The fourth-order valence-corrected chi connectivity index (χ4v) is 4.31. The van der Waals surface area contributed by atoms with Gasteiger partial charge in [-0.15, -0.1) is 0 Å². The first kappa shape index (κ1) is 15.9. The van der Waals surface area contributed by atoms with Crippen LogP contribution in [0.3, 0.4) is 0 Å². The maximum absolute atomic E-state index is 4.95. The fourth-order valence-electron chi connectivity index (χ4n) is 2.76. The Kier molecular flexibility index (Phi) is 4.07. The Morgan fingerprint density at radius 1 is 0.955 bits per heavy atom. The summed E-state index contributed by atoms with van der Waals surface area (Å²) in [6.07, 6.45) is 3.12. The van der Waals surface area contributed by atoms with Crippen LogP contribution in [-0.4, -0.2) is 9.45 Å². The molecule has 22 heavy (non-hydrogen) atoms. The van der Waals surface area contributed by atoms with Crippen LogP contribution in [0.2, 0.25) is 0 Å². The zero-order chi connectivity index (χ0) is 15.8. The molecular formula is C19H19Br2N. The molecule has 0 bridgehead atoms. The molecule has 3 rings (SSSR count). The summed E-state index contributed by atoms with van der Waals surface area (Å²) in [5, 5.41) is 0. The fraction of sp³-hybridized carbons (Fsp3) is 0.316. The number of hydrogen-bond acceptors (Lipinski definition) is 1. The van der Waals surface area contributed by atoms with Crippen LogP contribution in [0.25, 0.3) is 0 Å². The molecule has 0 N–H and O–H groups in total. The van der Waals surface area contributed by atoms with Crippen molar-refractivity contribution < 1.29 is 0 Å². The van der Waals surface area contributed by atoms with Crippen molar-refractivity contribution in [2.45, 2.75) is 34.5 Å². The third-order valence-electron chi connectivity index (χ3n) is 4.41. The smallest absolute Gasteiger partial charge is 0.0964 e. The molecule has 1 unspecified atom stereocenters. The molecular weight excluding hydrogens is 402 g/mol. The summed E-state index contributed by atoms with van der Waals surface area (Å²) < 4.78 is -0.0926. The molecule has 3 heteroatoms. The van der Waals surface area contributed by atoms with E-state index in [2.05, 4.69) is 107 Å². The lowest BCUT2D eigenvalue weighted by molar-refractivity contribution is 0.557. The lowest BCUT2D eigenvalue weighted by Gasteiger charge is -2.22. The molecule has 1 saturated carbocycles. The SMILES string of the molecule is CC(C)(N=CC1(c2ccccc2)CC1(Br)Br)c1ccccc1. The summed E-state index contributed by atoms with van der Waals surface area (Å²) in [6.45, 7) is 4.31. The first-order valence-electron chi connectivity index (χ1n) is 7.43. The van der Waals surface area contributed by atoms with Crippen molar-refractivity contribution in [2.24, 2.45) is 4.99 Å². The number of aliphatic imine (C=N–C) groups is 1. The second-order valence-corrected chi connectivity index (χ2v) is 10.2. The van der Waals surface area contributed by atoms with Gasteiger partial charge in [0.2, 0.25) is 0 Å². The number of hydrogen-bond donors (Lipinski definition) is 0. The molecule has 2 aromatic rings. The van der Waals surface area contributed by atoms with Crippen LogP contribution in [-0.2, 0) is 11.0 Å². The van der Waals surface area contributed by atoms with Gasteiger partial charge in [0.1, 0.15) is 0 Å². The lowest BCUT2D eigenvalue weighted by Crippen LogP contribution is -2.21. The highest BCUT2D eigenvalue weighted by molar-refractivity contribution is 9.25. The molecule has 0 radical (unpaired) electrons. The van der Waals surface area contributed by atoms with Crippen molar-refractivity contribution in [1.82, 2.24) is 0 Å². The predicted molar refractivity (Wildman–Crippen MR) is 101 cm³/mol. The normalized spacial score (nSPS) is 23.6. The van der Waals surface area contributed by atoms with E-state index in [1.165, 1.54) is 11.1 Å². The maximum atomic E-state index is 4.95. The second-order valence-electron chi connectivity index (χ2n) is 6.40. The molecule has 0 heterocycles. The molecule has 1 fully saturated rings. The van der Waals surface area contributed by atoms with Gasteiger partial charge in [0.05, 0.1) is 14.2 Å². The van der Waals surface area contributed by atoms with Gasteiger partial charge in [-0.3, -0.25) is 4.99 Å². The number of benzene rings is 2. The van der Waals surface area contributed by atoms with Crippen molar-refractivity contribution in [3.8, 4) is 0 Å². The van der Waals surface area contributed by atoms with Crippen molar-refractivity contribution in [2.75, 3.05) is 0 Å². The minimum atomic E-state index is -0.234. The maximum Gasteiger partial charge on any atom is 0.0964 e. The van der Waals surface area contributed by atoms with Gasteiger partial charge in [0, 0.05) is 6.21 Å². The van der Waals surface area contributed by atoms with Crippen molar-refractivity contribution in [3.05, 3.63) is 71.8 Å². The Balaban J connectivity index is 1.93. The largest absolute Gasteiger partial charge is 0.286 e. The molecule has 1 aliphatic rings. The first-order chi connectivity index (χ1) is 10.4. The van der Waals surface area contributed by atoms with E-state index in [9.17, 15) is 0 Å². The first-order valence-corrected chi connectivity index (χ1v) is 9.01. The van der Waals surface area contributed by atoms with Crippen LogP contribution in [0, 0.1) is 0 Å². The van der Waals surface area contributed by atoms with Crippen molar-refractivity contribution >= 4 is 38.1 Å². The highest BCUT2D eigenvalue weighted by Crippen LogP contribution is 2.66. The van der Waals surface area contributed by atoms with E-state index in [1.807, 2.05) is 6.07 Å². The Morgan fingerprint density at radius 3 is 1.95 bits per heavy atom. The van der Waals surface area contributed by atoms with E-state index >= 15 is 0 Å². The zero-order valence-electron chi connectivity index (χ0n) is 12.8. The van der Waals surface area contributed by atoms with E-state index in [4.69, 9.17) is 4.99 Å². The Bertz CT molecular complexity index is 677. The third-order valence-corrected chi connectivity index (χ3v) is 6.38. The van der Waals surface area contributed by atoms with Gasteiger partial charge in [-0.1, -0.05) is 92.5 Å². The molecule has 1 nitrogen and oxygen atoms in total. The van der Waals surface area contributed by atoms with E-state index in [0.29, 0.717) is 0 Å². The molecule has 0 aromatic heterocycles. The lowest BCUT2D eigenvalue weighted by atomic mass is 9.93. The molecule has 1 atom stereocenters. The number of halogens is 2. The van der Waals surface area contributed by atoms with E-state index < -0.39 is 0 Å². The van der Waals surface area contributed by atoms with Gasteiger partial charge < -0.3 is 0 Å². The molecule has 0 amide bonds. The summed E-state index contributed by atoms with van der Waals surface area (Å²) in [6, 6.07) is 21.0. The third kappa shape index (κ3) is 2.81. The Hall–Kier alpha value is -0.930. The zero-order valence-corrected chi connectivity index (χ0v) is 15.9. The quantitative estimate of drug-likeness (QED) is 0.436. The van der Waals surface area contributed by atoms with Crippen LogP contribution >= 0.6 is 31.9 Å². The van der Waals surface area contributed by atoms with Crippen LogP contribution in [0.1, 0.15) is 31.4 Å². The van der Waals surface area contributed by atoms with Crippen LogP contribution in [0.15, 0.2) is 65.7 Å². The monoisotopic (exact) mass is 419 g/mol. The molecule has 2 aromatic carbocycles. The molecule has 0 aliphatic heterocycles. The van der Waals surface area contributed by atoms with E-state index in [0.717, 1.165) is 6.42 Å². The molecule has 0 spiro atoms. The molecule has 1 aliphatic carbocycles. The van der Waals surface area contributed by atoms with Crippen LogP contribution < -0.4 is 0 Å². The number of nitrogens with zero attached hydrogens (tertiary/aromatic N) is 1. The van der Waals surface area contributed by atoms with Crippen molar-refractivity contribution in [3.63, 3.8) is 0 Å². The predicted octanol–water partition coefficient (Wildman–Crippen LogP) is 5.82. The number of rotatable bonds is 4. The summed E-state index contributed by atoms with van der Waals surface area (Å²) in [7, 11) is 0. The molecule has 0 saturated heterocycles. The summed E-state index contributed by atoms with van der Waals surface area (Å²) in [5.74, 6) is 0. The topological polar surface area (TPSA) is 12.4 Å². The second kappa shape index (κ2) is 5.61. The van der Waals surface area contributed by atoms with E-state index in [1.54, 1.807) is 0 Å². The molecule has 114 valence electrons.